The third-order valence-corrected chi connectivity index (χ3v) is 3.86. The van der Waals surface area contributed by atoms with Gasteiger partial charge in [-0.1, -0.05) is 41.9 Å². The van der Waals surface area contributed by atoms with Gasteiger partial charge in [-0.3, -0.25) is 4.98 Å². The van der Waals surface area contributed by atoms with Crippen LogP contribution in [0, 0.1) is 0 Å². The fourth-order valence-electron chi connectivity index (χ4n) is 1.58. The molecule has 0 bridgehead atoms. The van der Waals surface area contributed by atoms with E-state index in [1.165, 1.54) is 12.3 Å². The SMILES string of the molecule is CS(=O)(=O)c1c(Cl)ccnc1-c1ccccc1. The molecule has 0 atom stereocenters. The van der Waals surface area contributed by atoms with Gasteiger partial charge in [-0.25, -0.2) is 8.42 Å². The lowest BCUT2D eigenvalue weighted by atomic mass is 10.1. The fourth-order valence-corrected chi connectivity index (χ4v) is 3.09. The van der Waals surface area contributed by atoms with Crippen molar-refractivity contribution in [3.63, 3.8) is 0 Å². The minimum absolute atomic E-state index is 0.0767. The molecule has 0 spiro atoms. The number of pyridine rings is 1. The van der Waals surface area contributed by atoms with Crippen molar-refractivity contribution in [2.75, 3.05) is 6.26 Å². The highest BCUT2D eigenvalue weighted by molar-refractivity contribution is 7.91. The Hall–Kier alpha value is -1.39. The zero-order valence-electron chi connectivity index (χ0n) is 9.09. The first-order valence-electron chi connectivity index (χ1n) is 4.90. The Balaban J connectivity index is 2.76. The highest BCUT2D eigenvalue weighted by Gasteiger charge is 2.19. The van der Waals surface area contributed by atoms with Crippen LogP contribution in [0.15, 0.2) is 47.5 Å². The summed E-state index contributed by atoms with van der Waals surface area (Å²) in [4.78, 5) is 4.19. The largest absolute Gasteiger partial charge is 0.255 e. The molecule has 0 saturated carbocycles. The van der Waals surface area contributed by atoms with Crippen LogP contribution in [0.5, 0.6) is 0 Å². The van der Waals surface area contributed by atoms with E-state index in [1.807, 2.05) is 18.2 Å². The van der Waals surface area contributed by atoms with Crippen LogP contribution in [-0.4, -0.2) is 19.7 Å². The normalized spacial score (nSPS) is 11.4. The van der Waals surface area contributed by atoms with Gasteiger partial charge in [-0.2, -0.15) is 0 Å². The fraction of sp³-hybridized carbons (Fsp3) is 0.0833. The predicted octanol–water partition coefficient (Wildman–Crippen LogP) is 2.81. The van der Waals surface area contributed by atoms with Crippen molar-refractivity contribution < 1.29 is 8.42 Å². The van der Waals surface area contributed by atoms with Crippen LogP contribution in [0.1, 0.15) is 0 Å². The average Bonchev–Trinajstić information content (AvgIpc) is 2.28. The number of aromatic nitrogens is 1. The third-order valence-electron chi connectivity index (χ3n) is 2.27. The van der Waals surface area contributed by atoms with E-state index in [4.69, 9.17) is 11.6 Å². The summed E-state index contributed by atoms with van der Waals surface area (Å²) in [6.07, 6.45) is 2.63. The molecule has 0 amide bonds. The zero-order chi connectivity index (χ0) is 12.5. The average molecular weight is 268 g/mol. The molecule has 1 heterocycles. The third kappa shape index (κ3) is 2.48. The second-order valence-electron chi connectivity index (χ2n) is 3.61. The minimum atomic E-state index is -3.41. The lowest BCUT2D eigenvalue weighted by molar-refractivity contribution is 0.602. The Morgan fingerprint density at radius 3 is 2.35 bits per heavy atom. The van der Waals surface area contributed by atoms with Gasteiger partial charge in [0, 0.05) is 18.0 Å². The monoisotopic (exact) mass is 267 g/mol. The second kappa shape index (κ2) is 4.47. The van der Waals surface area contributed by atoms with Crippen LogP contribution < -0.4 is 0 Å². The molecule has 1 aromatic carbocycles. The molecule has 0 radical (unpaired) electrons. The zero-order valence-corrected chi connectivity index (χ0v) is 10.7. The van der Waals surface area contributed by atoms with Gasteiger partial charge >= 0.3 is 0 Å². The molecule has 0 aliphatic carbocycles. The number of nitrogens with zero attached hydrogens (tertiary/aromatic N) is 1. The Labute approximate surface area is 105 Å². The molecule has 0 N–H and O–H groups in total. The van der Waals surface area contributed by atoms with Crippen molar-refractivity contribution in [1.29, 1.82) is 0 Å². The van der Waals surface area contributed by atoms with Gasteiger partial charge in [0.2, 0.25) is 0 Å². The van der Waals surface area contributed by atoms with Gasteiger partial charge in [0.1, 0.15) is 4.90 Å². The molecule has 88 valence electrons. The summed E-state index contributed by atoms with van der Waals surface area (Å²) >= 11 is 5.94. The Bertz CT molecular complexity index is 639. The first-order chi connectivity index (χ1) is 8.00. The smallest absolute Gasteiger partial charge is 0.179 e. The molecular formula is C12H10ClNO2S. The van der Waals surface area contributed by atoms with E-state index in [0.717, 1.165) is 11.8 Å². The van der Waals surface area contributed by atoms with Gasteiger partial charge in [0.05, 0.1) is 10.7 Å². The number of hydrogen-bond donors (Lipinski definition) is 0. The van der Waals surface area contributed by atoms with Crippen molar-refractivity contribution in [3.8, 4) is 11.3 Å². The summed E-state index contributed by atoms with van der Waals surface area (Å²) in [5.41, 5.74) is 1.12. The van der Waals surface area contributed by atoms with E-state index in [9.17, 15) is 8.42 Å². The molecule has 0 unspecified atom stereocenters. The maximum atomic E-state index is 11.7. The maximum absolute atomic E-state index is 11.7. The number of halogens is 1. The van der Waals surface area contributed by atoms with Crippen molar-refractivity contribution in [2.24, 2.45) is 0 Å². The van der Waals surface area contributed by atoms with Crippen LogP contribution in [0.4, 0.5) is 0 Å². The van der Waals surface area contributed by atoms with Crippen LogP contribution >= 0.6 is 11.6 Å². The Morgan fingerprint density at radius 1 is 1.12 bits per heavy atom. The molecule has 0 aliphatic rings. The Kier molecular flexibility index (Phi) is 3.17. The van der Waals surface area contributed by atoms with E-state index in [1.54, 1.807) is 12.1 Å². The van der Waals surface area contributed by atoms with E-state index >= 15 is 0 Å². The van der Waals surface area contributed by atoms with E-state index in [2.05, 4.69) is 4.98 Å². The van der Waals surface area contributed by atoms with Gasteiger partial charge in [-0.05, 0) is 6.07 Å². The minimum Gasteiger partial charge on any atom is -0.255 e. The van der Waals surface area contributed by atoms with Crippen molar-refractivity contribution >= 4 is 21.4 Å². The molecule has 3 nitrogen and oxygen atoms in total. The lowest BCUT2D eigenvalue weighted by Gasteiger charge is -2.08. The second-order valence-corrected chi connectivity index (χ2v) is 5.97. The van der Waals surface area contributed by atoms with Crippen molar-refractivity contribution in [2.45, 2.75) is 4.90 Å². The van der Waals surface area contributed by atoms with Crippen LogP contribution in [0.3, 0.4) is 0 Å². The van der Waals surface area contributed by atoms with E-state index in [0.29, 0.717) is 5.69 Å². The molecule has 2 rings (SSSR count). The first kappa shape index (κ1) is 12.1. The standard InChI is InChI=1S/C12H10ClNO2S/c1-17(15,16)12-10(13)7-8-14-11(12)9-5-3-2-4-6-9/h2-8H,1H3. The van der Waals surface area contributed by atoms with Gasteiger partial charge < -0.3 is 0 Å². The number of sulfone groups is 1. The quantitative estimate of drug-likeness (QED) is 0.841. The summed E-state index contributed by atoms with van der Waals surface area (Å²) < 4.78 is 23.4. The topological polar surface area (TPSA) is 47.0 Å². The number of rotatable bonds is 2. The summed E-state index contributed by atoms with van der Waals surface area (Å²) in [6, 6.07) is 10.6. The Morgan fingerprint density at radius 2 is 1.76 bits per heavy atom. The molecular weight excluding hydrogens is 258 g/mol. The number of benzene rings is 1. The summed E-state index contributed by atoms with van der Waals surface area (Å²) in [5.74, 6) is 0. The van der Waals surface area contributed by atoms with Crippen LogP contribution in [0.25, 0.3) is 11.3 Å². The molecule has 1 aromatic heterocycles. The van der Waals surface area contributed by atoms with Gasteiger partial charge in [0.15, 0.2) is 9.84 Å². The highest BCUT2D eigenvalue weighted by Crippen LogP contribution is 2.30. The molecule has 5 heteroatoms. The highest BCUT2D eigenvalue weighted by atomic mass is 35.5. The van der Waals surface area contributed by atoms with E-state index in [-0.39, 0.29) is 9.92 Å². The summed E-state index contributed by atoms with van der Waals surface area (Å²) in [7, 11) is -3.41. The summed E-state index contributed by atoms with van der Waals surface area (Å²) in [6.45, 7) is 0. The van der Waals surface area contributed by atoms with Gasteiger partial charge in [-0.15, -0.1) is 0 Å². The van der Waals surface area contributed by atoms with Crippen LogP contribution in [0.2, 0.25) is 5.02 Å². The molecule has 2 aromatic rings. The first-order valence-corrected chi connectivity index (χ1v) is 7.17. The molecule has 17 heavy (non-hydrogen) atoms. The molecule has 0 aliphatic heterocycles. The molecule has 0 saturated heterocycles. The summed E-state index contributed by atoms with van der Waals surface area (Å²) in [5, 5.41) is 0.196. The lowest BCUT2D eigenvalue weighted by Crippen LogP contribution is -2.02. The van der Waals surface area contributed by atoms with Crippen LogP contribution in [-0.2, 0) is 9.84 Å². The number of hydrogen-bond acceptors (Lipinski definition) is 3. The van der Waals surface area contributed by atoms with Gasteiger partial charge in [0.25, 0.3) is 0 Å². The predicted molar refractivity (Wildman–Crippen MR) is 67.8 cm³/mol. The van der Waals surface area contributed by atoms with E-state index < -0.39 is 9.84 Å². The molecule has 0 fully saturated rings. The maximum Gasteiger partial charge on any atom is 0.179 e. The van der Waals surface area contributed by atoms with Crippen molar-refractivity contribution in [3.05, 3.63) is 47.6 Å². The van der Waals surface area contributed by atoms with Crippen molar-refractivity contribution in [1.82, 2.24) is 4.98 Å².